The molecule has 3 heterocycles. The minimum atomic E-state index is -0.439. The molecular formula is C20H24N4O2S. The zero-order chi connectivity index (χ0) is 18.7. The molecule has 4 rings (SSSR count). The van der Waals surface area contributed by atoms with Gasteiger partial charge in [-0.15, -0.1) is 0 Å². The van der Waals surface area contributed by atoms with Crippen LogP contribution in [-0.2, 0) is 21.6 Å². The van der Waals surface area contributed by atoms with Crippen LogP contribution >= 0.6 is 11.8 Å². The number of ether oxygens (including phenoxy) is 1. The summed E-state index contributed by atoms with van der Waals surface area (Å²) in [7, 11) is 0. The summed E-state index contributed by atoms with van der Waals surface area (Å²) in [6.07, 6.45) is 4.57. The number of hydrogen-bond acceptors (Lipinski definition) is 6. The molecule has 0 radical (unpaired) electrons. The Hall–Kier alpha value is -1.96. The Morgan fingerprint density at radius 3 is 2.81 bits per heavy atom. The summed E-state index contributed by atoms with van der Waals surface area (Å²) in [5, 5.41) is 4.06. The first-order valence-electron chi connectivity index (χ1n) is 9.34. The van der Waals surface area contributed by atoms with Gasteiger partial charge in [0, 0.05) is 37.6 Å². The second-order valence-electron chi connectivity index (χ2n) is 6.98. The second kappa shape index (κ2) is 7.96. The van der Waals surface area contributed by atoms with Gasteiger partial charge in [-0.25, -0.2) is 9.97 Å². The Morgan fingerprint density at radius 1 is 1.30 bits per heavy atom. The molecule has 1 aromatic carbocycles. The van der Waals surface area contributed by atoms with E-state index in [9.17, 15) is 4.79 Å². The molecule has 7 heteroatoms. The number of nitrogens with one attached hydrogen (secondary N) is 1. The molecule has 0 bridgehead atoms. The largest absolute Gasteiger partial charge is 0.364 e. The fraction of sp³-hybridized carbons (Fsp3) is 0.450. The summed E-state index contributed by atoms with van der Waals surface area (Å²) in [4.78, 5) is 23.3. The summed E-state index contributed by atoms with van der Waals surface area (Å²) in [5.74, 6) is 0.929. The quantitative estimate of drug-likeness (QED) is 0.630. The maximum Gasteiger partial charge on any atom is 0.246 e. The van der Waals surface area contributed by atoms with E-state index in [1.807, 2.05) is 30.6 Å². The van der Waals surface area contributed by atoms with Crippen molar-refractivity contribution >= 4 is 17.7 Å². The maximum atomic E-state index is 12.1. The lowest BCUT2D eigenvalue weighted by molar-refractivity contribution is -0.152. The molecule has 2 atom stereocenters. The molecule has 0 unspecified atom stereocenters. The van der Waals surface area contributed by atoms with Crippen LogP contribution in [0.15, 0.2) is 47.9 Å². The standard InChI is InChI=1S/C20H24N4O2S/c1-2-27-19-21-10-15(11-22-19)12-24-9-8-20(16-6-4-3-5-7-16)17(13-24)26-14-18(25)23-20/h3-7,10-11,17H,2,8-9,12-14H2,1H3,(H,23,25)/t17-,20+/m1/s1. The molecule has 6 nitrogen and oxygen atoms in total. The van der Waals surface area contributed by atoms with Crippen molar-refractivity contribution in [1.29, 1.82) is 0 Å². The van der Waals surface area contributed by atoms with Crippen LogP contribution in [0.25, 0.3) is 0 Å². The van der Waals surface area contributed by atoms with Crippen LogP contribution < -0.4 is 5.32 Å². The number of morpholine rings is 1. The number of piperidine rings is 1. The van der Waals surface area contributed by atoms with E-state index in [1.165, 1.54) is 0 Å². The molecule has 0 saturated carbocycles. The summed E-state index contributed by atoms with van der Waals surface area (Å²) in [6, 6.07) is 10.2. The molecule has 1 amide bonds. The van der Waals surface area contributed by atoms with E-state index >= 15 is 0 Å². The average molecular weight is 385 g/mol. The highest BCUT2D eigenvalue weighted by Crippen LogP contribution is 2.37. The molecule has 1 aromatic heterocycles. The highest BCUT2D eigenvalue weighted by Gasteiger charge is 2.48. The van der Waals surface area contributed by atoms with Crippen LogP contribution in [0.3, 0.4) is 0 Å². The molecule has 2 aromatic rings. The SMILES string of the molecule is CCSc1ncc(CN2CC[C@@]3(c4ccccc4)NC(=O)CO[C@@H]3C2)cn1. The van der Waals surface area contributed by atoms with Crippen LogP contribution in [0.4, 0.5) is 0 Å². The van der Waals surface area contributed by atoms with Crippen molar-refractivity contribution in [3.8, 4) is 0 Å². The van der Waals surface area contributed by atoms with Gasteiger partial charge in [-0.3, -0.25) is 9.69 Å². The van der Waals surface area contributed by atoms with E-state index in [-0.39, 0.29) is 18.6 Å². The van der Waals surface area contributed by atoms with Crippen molar-refractivity contribution in [2.45, 2.75) is 36.7 Å². The summed E-state index contributed by atoms with van der Waals surface area (Å²) in [6.45, 7) is 4.65. The first-order chi connectivity index (χ1) is 13.2. The van der Waals surface area contributed by atoms with E-state index in [4.69, 9.17) is 4.74 Å². The summed E-state index contributed by atoms with van der Waals surface area (Å²) in [5.41, 5.74) is 1.78. The third-order valence-electron chi connectivity index (χ3n) is 5.22. The Balaban J connectivity index is 1.49. The zero-order valence-corrected chi connectivity index (χ0v) is 16.2. The van der Waals surface area contributed by atoms with Gasteiger partial charge in [0.15, 0.2) is 5.16 Å². The van der Waals surface area contributed by atoms with E-state index in [2.05, 4.69) is 39.2 Å². The number of likely N-dealkylation sites (tertiary alicyclic amines) is 1. The number of hydrogen-bond donors (Lipinski definition) is 1. The molecule has 1 N–H and O–H groups in total. The number of thioether (sulfide) groups is 1. The fourth-order valence-corrected chi connectivity index (χ4v) is 4.46. The molecule has 2 aliphatic rings. The predicted molar refractivity (Wildman–Crippen MR) is 104 cm³/mol. The highest BCUT2D eigenvalue weighted by molar-refractivity contribution is 7.99. The fourth-order valence-electron chi connectivity index (χ4n) is 3.94. The third-order valence-corrected chi connectivity index (χ3v) is 5.98. The van der Waals surface area contributed by atoms with Crippen molar-refractivity contribution in [3.05, 3.63) is 53.9 Å². The van der Waals surface area contributed by atoms with Crippen LogP contribution in [0.2, 0.25) is 0 Å². The smallest absolute Gasteiger partial charge is 0.246 e. The molecule has 142 valence electrons. The summed E-state index contributed by atoms with van der Waals surface area (Å²) < 4.78 is 5.98. The van der Waals surface area contributed by atoms with Gasteiger partial charge in [0.2, 0.25) is 5.91 Å². The van der Waals surface area contributed by atoms with Gasteiger partial charge in [-0.1, -0.05) is 49.0 Å². The van der Waals surface area contributed by atoms with Crippen LogP contribution in [0, 0.1) is 0 Å². The molecular weight excluding hydrogens is 360 g/mol. The van der Waals surface area contributed by atoms with Crippen molar-refractivity contribution in [3.63, 3.8) is 0 Å². The molecule has 27 heavy (non-hydrogen) atoms. The molecule has 0 aliphatic carbocycles. The highest BCUT2D eigenvalue weighted by atomic mass is 32.2. The number of fused-ring (bicyclic) bond motifs is 1. The van der Waals surface area contributed by atoms with Crippen molar-refractivity contribution in [2.24, 2.45) is 0 Å². The Bertz CT molecular complexity index is 786. The lowest BCUT2D eigenvalue weighted by Gasteiger charge is -2.50. The van der Waals surface area contributed by atoms with Gasteiger partial charge in [0.25, 0.3) is 0 Å². The lowest BCUT2D eigenvalue weighted by Crippen LogP contribution is -2.66. The monoisotopic (exact) mass is 384 g/mol. The number of rotatable bonds is 5. The van der Waals surface area contributed by atoms with Gasteiger partial charge in [-0.2, -0.15) is 0 Å². The number of carbonyl (C=O) groups excluding carboxylic acids is 1. The Kier molecular flexibility index (Phi) is 5.43. The van der Waals surface area contributed by atoms with Crippen LogP contribution in [0.5, 0.6) is 0 Å². The molecule has 2 saturated heterocycles. The number of carbonyl (C=O) groups is 1. The van der Waals surface area contributed by atoms with Crippen molar-refractivity contribution < 1.29 is 9.53 Å². The van der Waals surface area contributed by atoms with Crippen LogP contribution in [-0.4, -0.2) is 52.3 Å². The van der Waals surface area contributed by atoms with Crippen LogP contribution in [0.1, 0.15) is 24.5 Å². The average Bonchev–Trinajstić information content (AvgIpc) is 2.70. The minimum Gasteiger partial charge on any atom is -0.364 e. The van der Waals surface area contributed by atoms with Crippen molar-refractivity contribution in [1.82, 2.24) is 20.2 Å². The van der Waals surface area contributed by atoms with Gasteiger partial charge < -0.3 is 10.1 Å². The van der Waals surface area contributed by atoms with Gasteiger partial charge >= 0.3 is 0 Å². The zero-order valence-electron chi connectivity index (χ0n) is 15.4. The topological polar surface area (TPSA) is 67.4 Å². The molecule has 0 spiro atoms. The number of nitrogens with zero attached hydrogens (tertiary/aromatic N) is 3. The van der Waals surface area contributed by atoms with Gasteiger partial charge in [-0.05, 0) is 17.7 Å². The normalized spacial score (nSPS) is 25.7. The van der Waals surface area contributed by atoms with Gasteiger partial charge in [0.05, 0.1) is 11.6 Å². The predicted octanol–water partition coefficient (Wildman–Crippen LogP) is 2.20. The second-order valence-corrected chi connectivity index (χ2v) is 8.21. The first kappa shape index (κ1) is 18.4. The first-order valence-corrected chi connectivity index (χ1v) is 10.3. The number of amides is 1. The van der Waals surface area contributed by atoms with E-state index < -0.39 is 5.54 Å². The van der Waals surface area contributed by atoms with E-state index in [0.717, 1.165) is 48.1 Å². The minimum absolute atomic E-state index is 0.0408. The molecule has 2 fully saturated rings. The Labute approximate surface area is 163 Å². The number of benzene rings is 1. The van der Waals surface area contributed by atoms with E-state index in [0.29, 0.717) is 0 Å². The lowest BCUT2D eigenvalue weighted by atomic mass is 9.77. The third kappa shape index (κ3) is 3.85. The Morgan fingerprint density at radius 2 is 2.07 bits per heavy atom. The van der Waals surface area contributed by atoms with Crippen molar-refractivity contribution in [2.75, 3.05) is 25.4 Å². The molecule has 2 aliphatic heterocycles. The maximum absolute atomic E-state index is 12.1. The van der Waals surface area contributed by atoms with Gasteiger partial charge in [0.1, 0.15) is 6.61 Å². The number of aromatic nitrogens is 2. The summed E-state index contributed by atoms with van der Waals surface area (Å²) >= 11 is 1.65. The van der Waals surface area contributed by atoms with E-state index in [1.54, 1.807) is 11.8 Å².